The molecule has 2 heterocycles. The Bertz CT molecular complexity index is 651. The first kappa shape index (κ1) is 24.2. The van der Waals surface area contributed by atoms with Crippen LogP contribution in [0.25, 0.3) is 0 Å². The van der Waals surface area contributed by atoms with Crippen molar-refractivity contribution in [1.82, 2.24) is 9.21 Å². The standard InChI is InChI=1S/C25H40N2O3S/c1-20(2)30-25(28)26-15-11-21(12-16-26)6-4-5-19-29-24-9-7-22(8-10-24)23-13-17-27(31-3)18-14-23/h7-10,20-21,23H,4-6,11-19H2,1-3H3. The maximum Gasteiger partial charge on any atom is 0.410 e. The van der Waals surface area contributed by atoms with E-state index in [9.17, 15) is 4.79 Å². The summed E-state index contributed by atoms with van der Waals surface area (Å²) < 4.78 is 13.7. The monoisotopic (exact) mass is 448 g/mol. The number of piperidine rings is 2. The number of hydrogen-bond acceptors (Lipinski definition) is 5. The van der Waals surface area contributed by atoms with Gasteiger partial charge in [0.1, 0.15) is 5.75 Å². The van der Waals surface area contributed by atoms with E-state index in [1.54, 1.807) is 0 Å². The Kier molecular flexibility index (Phi) is 9.85. The van der Waals surface area contributed by atoms with Gasteiger partial charge < -0.3 is 14.4 Å². The zero-order valence-electron chi connectivity index (χ0n) is 19.6. The largest absolute Gasteiger partial charge is 0.494 e. The summed E-state index contributed by atoms with van der Waals surface area (Å²) in [7, 11) is 0. The fraction of sp³-hybridized carbons (Fsp3) is 0.720. The molecule has 2 aliphatic heterocycles. The van der Waals surface area contributed by atoms with E-state index >= 15 is 0 Å². The molecule has 1 aromatic carbocycles. The second-order valence-electron chi connectivity index (χ2n) is 9.16. The third-order valence-electron chi connectivity index (χ3n) is 6.55. The fourth-order valence-corrected chi connectivity index (χ4v) is 5.19. The summed E-state index contributed by atoms with van der Waals surface area (Å²) in [5.41, 5.74) is 1.46. The molecule has 0 N–H and O–H groups in total. The van der Waals surface area contributed by atoms with Crippen molar-refractivity contribution in [3.05, 3.63) is 29.8 Å². The maximum absolute atomic E-state index is 12.0. The third-order valence-corrected chi connectivity index (χ3v) is 7.43. The Hall–Kier alpha value is -1.40. The Morgan fingerprint density at radius 2 is 1.71 bits per heavy atom. The van der Waals surface area contributed by atoms with Crippen LogP contribution in [0.15, 0.2) is 24.3 Å². The van der Waals surface area contributed by atoms with Crippen LogP contribution in [-0.2, 0) is 4.74 Å². The predicted molar refractivity (Wildman–Crippen MR) is 129 cm³/mol. The fourth-order valence-electron chi connectivity index (χ4n) is 4.61. The van der Waals surface area contributed by atoms with Gasteiger partial charge in [-0.2, -0.15) is 0 Å². The zero-order chi connectivity index (χ0) is 22.1. The average molecular weight is 449 g/mol. The van der Waals surface area contributed by atoms with E-state index < -0.39 is 0 Å². The predicted octanol–water partition coefficient (Wildman–Crippen LogP) is 5.95. The number of carbonyl (C=O) groups excluding carboxylic acids is 1. The summed E-state index contributed by atoms with van der Waals surface area (Å²) in [6.07, 6.45) is 10.1. The Labute approximate surface area is 193 Å². The summed E-state index contributed by atoms with van der Waals surface area (Å²) in [5, 5.41) is 0. The van der Waals surface area contributed by atoms with Crippen LogP contribution in [0.2, 0.25) is 0 Å². The highest BCUT2D eigenvalue weighted by molar-refractivity contribution is 7.96. The topological polar surface area (TPSA) is 42.0 Å². The number of nitrogens with zero attached hydrogens (tertiary/aromatic N) is 2. The first-order valence-corrected chi connectivity index (χ1v) is 13.2. The number of ether oxygens (including phenoxy) is 2. The normalized spacial score (nSPS) is 19.0. The van der Waals surface area contributed by atoms with Crippen molar-refractivity contribution in [2.45, 2.75) is 70.8 Å². The van der Waals surface area contributed by atoms with Gasteiger partial charge in [0.15, 0.2) is 0 Å². The SMILES string of the molecule is CSN1CCC(c2ccc(OCCCCC3CCN(C(=O)OC(C)C)CC3)cc2)CC1. The van der Waals surface area contributed by atoms with Gasteiger partial charge in [-0.15, -0.1) is 0 Å². The Morgan fingerprint density at radius 3 is 2.32 bits per heavy atom. The van der Waals surface area contributed by atoms with Crippen LogP contribution in [0.4, 0.5) is 4.79 Å². The molecule has 174 valence electrons. The molecule has 1 amide bonds. The molecule has 1 aromatic rings. The first-order valence-electron chi connectivity index (χ1n) is 12.0. The molecule has 2 fully saturated rings. The van der Waals surface area contributed by atoms with Crippen molar-refractivity contribution in [2.24, 2.45) is 5.92 Å². The minimum atomic E-state index is -0.154. The Balaban J connectivity index is 1.26. The molecule has 0 aromatic heterocycles. The first-order chi connectivity index (χ1) is 15.0. The van der Waals surface area contributed by atoms with Gasteiger partial charge in [0, 0.05) is 26.2 Å². The van der Waals surface area contributed by atoms with Crippen LogP contribution >= 0.6 is 11.9 Å². The highest BCUT2D eigenvalue weighted by Gasteiger charge is 2.24. The zero-order valence-corrected chi connectivity index (χ0v) is 20.4. The smallest absolute Gasteiger partial charge is 0.410 e. The number of benzene rings is 1. The minimum absolute atomic E-state index is 0.0420. The summed E-state index contributed by atoms with van der Waals surface area (Å²) in [6, 6.07) is 8.80. The second-order valence-corrected chi connectivity index (χ2v) is 10.0. The van der Waals surface area contributed by atoms with Gasteiger partial charge in [-0.1, -0.05) is 30.5 Å². The molecule has 6 heteroatoms. The molecular weight excluding hydrogens is 408 g/mol. The number of carbonyl (C=O) groups is 1. The second kappa shape index (κ2) is 12.6. The van der Waals surface area contributed by atoms with Gasteiger partial charge >= 0.3 is 6.09 Å². The van der Waals surface area contributed by atoms with Crippen LogP contribution in [0.3, 0.4) is 0 Å². The summed E-state index contributed by atoms with van der Waals surface area (Å²) in [5.74, 6) is 2.40. The van der Waals surface area contributed by atoms with E-state index in [1.165, 1.54) is 44.3 Å². The molecule has 0 bridgehead atoms. The quantitative estimate of drug-likeness (QED) is 0.345. The molecule has 0 atom stereocenters. The molecule has 0 spiro atoms. The van der Waals surface area contributed by atoms with Crippen LogP contribution in [-0.4, -0.2) is 60.4 Å². The van der Waals surface area contributed by atoms with Crippen molar-refractivity contribution in [1.29, 1.82) is 0 Å². The van der Waals surface area contributed by atoms with Gasteiger partial charge in [0.2, 0.25) is 0 Å². The molecule has 0 aliphatic carbocycles. The van der Waals surface area contributed by atoms with Crippen LogP contribution in [0.5, 0.6) is 5.75 Å². The highest BCUT2D eigenvalue weighted by atomic mass is 32.2. The van der Waals surface area contributed by atoms with E-state index in [4.69, 9.17) is 9.47 Å². The Morgan fingerprint density at radius 1 is 1.03 bits per heavy atom. The molecule has 0 unspecified atom stereocenters. The van der Waals surface area contributed by atoms with Crippen molar-refractivity contribution in [3.63, 3.8) is 0 Å². The molecule has 2 saturated heterocycles. The van der Waals surface area contributed by atoms with Crippen LogP contribution < -0.4 is 4.74 Å². The van der Waals surface area contributed by atoms with E-state index in [2.05, 4.69) is 34.8 Å². The van der Waals surface area contributed by atoms with Crippen molar-refractivity contribution in [3.8, 4) is 5.75 Å². The molecular formula is C25H40N2O3S. The van der Waals surface area contributed by atoms with E-state index in [1.807, 2.05) is 30.7 Å². The van der Waals surface area contributed by atoms with Crippen molar-refractivity contribution in [2.75, 3.05) is 39.0 Å². The van der Waals surface area contributed by atoms with Gasteiger partial charge in [-0.25, -0.2) is 4.79 Å². The van der Waals surface area contributed by atoms with Crippen molar-refractivity contribution >= 4 is 18.0 Å². The average Bonchev–Trinajstić information content (AvgIpc) is 2.79. The van der Waals surface area contributed by atoms with Gasteiger partial charge in [0.25, 0.3) is 0 Å². The van der Waals surface area contributed by atoms with Gasteiger partial charge in [-0.05, 0) is 88.2 Å². The van der Waals surface area contributed by atoms with E-state index in [0.717, 1.165) is 50.6 Å². The summed E-state index contributed by atoms with van der Waals surface area (Å²) >= 11 is 1.86. The number of hydrogen-bond donors (Lipinski definition) is 0. The maximum atomic E-state index is 12.0. The van der Waals surface area contributed by atoms with E-state index in [-0.39, 0.29) is 12.2 Å². The number of likely N-dealkylation sites (tertiary alicyclic amines) is 1. The molecule has 3 rings (SSSR count). The van der Waals surface area contributed by atoms with Crippen LogP contribution in [0.1, 0.15) is 70.3 Å². The molecule has 5 nitrogen and oxygen atoms in total. The minimum Gasteiger partial charge on any atom is -0.494 e. The van der Waals surface area contributed by atoms with Gasteiger partial charge in [0.05, 0.1) is 12.7 Å². The van der Waals surface area contributed by atoms with Gasteiger partial charge in [-0.3, -0.25) is 4.31 Å². The molecule has 31 heavy (non-hydrogen) atoms. The lowest BCUT2D eigenvalue weighted by Gasteiger charge is -2.31. The number of rotatable bonds is 9. The molecule has 0 radical (unpaired) electrons. The number of amides is 1. The molecule has 0 saturated carbocycles. The summed E-state index contributed by atoms with van der Waals surface area (Å²) in [4.78, 5) is 13.8. The van der Waals surface area contributed by atoms with E-state index in [0.29, 0.717) is 5.92 Å². The lowest BCUT2D eigenvalue weighted by Crippen LogP contribution is -2.39. The molecule has 2 aliphatic rings. The van der Waals surface area contributed by atoms with Crippen molar-refractivity contribution < 1.29 is 14.3 Å². The lowest BCUT2D eigenvalue weighted by atomic mass is 9.90. The lowest BCUT2D eigenvalue weighted by molar-refractivity contribution is 0.0645. The number of unbranched alkanes of at least 4 members (excludes halogenated alkanes) is 1. The summed E-state index contributed by atoms with van der Waals surface area (Å²) in [6.45, 7) is 8.61. The highest BCUT2D eigenvalue weighted by Crippen LogP contribution is 2.31. The third kappa shape index (κ3) is 7.90. The van der Waals surface area contributed by atoms with Crippen LogP contribution in [0, 0.1) is 5.92 Å².